The largest absolute Gasteiger partial charge is 0.460 e. The lowest BCUT2D eigenvalue weighted by molar-refractivity contribution is -0.141. The molecule has 0 amide bonds. The lowest BCUT2D eigenvalue weighted by Crippen LogP contribution is -2.11. The molecule has 0 radical (unpaired) electrons. The highest BCUT2D eigenvalue weighted by atomic mass is 16.6. The highest BCUT2D eigenvalue weighted by molar-refractivity contribution is 5.85. The second-order valence-electron chi connectivity index (χ2n) is 2.42. The van der Waals surface area contributed by atoms with Gasteiger partial charge >= 0.3 is 5.97 Å². The van der Waals surface area contributed by atoms with Gasteiger partial charge in [0.15, 0.2) is 0 Å². The van der Waals surface area contributed by atoms with Crippen molar-refractivity contribution in [1.82, 2.24) is 0 Å². The van der Waals surface area contributed by atoms with Crippen LogP contribution in [0.2, 0.25) is 0 Å². The van der Waals surface area contributed by atoms with Gasteiger partial charge in [0.1, 0.15) is 12.4 Å². The highest BCUT2D eigenvalue weighted by Gasteiger charge is 2.10. The standard InChI is InChI=1S/C10H16O4/c1-5-12-7-8(3)14-9(4)10(11)13-6-2/h3-7H2,1-2H3. The molecule has 0 rings (SSSR count). The van der Waals surface area contributed by atoms with E-state index < -0.39 is 5.97 Å². The summed E-state index contributed by atoms with van der Waals surface area (Å²) in [5.41, 5.74) is 0. The summed E-state index contributed by atoms with van der Waals surface area (Å²) >= 11 is 0. The van der Waals surface area contributed by atoms with Gasteiger partial charge < -0.3 is 14.2 Å². The average Bonchev–Trinajstić information content (AvgIpc) is 2.15. The van der Waals surface area contributed by atoms with Crippen LogP contribution in [-0.4, -0.2) is 25.8 Å². The number of ether oxygens (including phenoxy) is 3. The topological polar surface area (TPSA) is 44.8 Å². The first-order chi connectivity index (χ1) is 6.61. The number of rotatable bonds is 7. The van der Waals surface area contributed by atoms with E-state index >= 15 is 0 Å². The summed E-state index contributed by atoms with van der Waals surface area (Å²) in [7, 11) is 0. The zero-order valence-electron chi connectivity index (χ0n) is 8.67. The number of carbonyl (C=O) groups excluding carboxylic acids is 1. The Morgan fingerprint density at radius 3 is 2.36 bits per heavy atom. The van der Waals surface area contributed by atoms with Gasteiger partial charge in [0, 0.05) is 6.61 Å². The Bertz CT molecular complexity index is 220. The van der Waals surface area contributed by atoms with Crippen LogP contribution >= 0.6 is 0 Å². The molecule has 0 saturated carbocycles. The minimum Gasteiger partial charge on any atom is -0.460 e. The molecule has 4 nitrogen and oxygen atoms in total. The molecule has 0 aliphatic rings. The second kappa shape index (κ2) is 7.15. The number of esters is 1. The fraction of sp³-hybridized carbons (Fsp3) is 0.500. The van der Waals surface area contributed by atoms with Gasteiger partial charge in [0.05, 0.1) is 6.61 Å². The van der Waals surface area contributed by atoms with Crippen molar-refractivity contribution in [2.45, 2.75) is 13.8 Å². The van der Waals surface area contributed by atoms with Crippen molar-refractivity contribution in [3.8, 4) is 0 Å². The van der Waals surface area contributed by atoms with Crippen LogP contribution in [0.15, 0.2) is 24.7 Å². The summed E-state index contributed by atoms with van der Waals surface area (Å²) in [5.74, 6) is -0.313. The maximum absolute atomic E-state index is 11.0. The molecule has 0 aromatic rings. The van der Waals surface area contributed by atoms with Crippen LogP contribution in [0.3, 0.4) is 0 Å². The van der Waals surface area contributed by atoms with Crippen molar-refractivity contribution in [3.63, 3.8) is 0 Å². The zero-order chi connectivity index (χ0) is 11.0. The Balaban J connectivity index is 3.81. The summed E-state index contributed by atoms with van der Waals surface area (Å²) in [6.07, 6.45) is 0. The Kier molecular flexibility index (Phi) is 6.49. The van der Waals surface area contributed by atoms with Gasteiger partial charge in [-0.2, -0.15) is 0 Å². The van der Waals surface area contributed by atoms with Crippen molar-refractivity contribution >= 4 is 5.97 Å². The predicted octanol–water partition coefficient (Wildman–Crippen LogP) is 1.63. The fourth-order valence-corrected chi connectivity index (χ4v) is 0.673. The first-order valence-corrected chi connectivity index (χ1v) is 4.41. The monoisotopic (exact) mass is 200 g/mol. The van der Waals surface area contributed by atoms with Gasteiger partial charge in [-0.1, -0.05) is 6.58 Å². The van der Waals surface area contributed by atoms with Crippen molar-refractivity contribution in [2.75, 3.05) is 19.8 Å². The third-order valence-corrected chi connectivity index (χ3v) is 1.24. The van der Waals surface area contributed by atoms with E-state index in [9.17, 15) is 4.79 Å². The van der Waals surface area contributed by atoms with E-state index in [1.165, 1.54) is 0 Å². The minimum absolute atomic E-state index is 0.0726. The molecule has 0 saturated heterocycles. The Hall–Kier alpha value is -1.29. The Morgan fingerprint density at radius 2 is 1.86 bits per heavy atom. The molecule has 0 spiro atoms. The van der Waals surface area contributed by atoms with Gasteiger partial charge in [0.25, 0.3) is 0 Å². The molecule has 0 N–H and O–H groups in total. The molecule has 0 aromatic heterocycles. The van der Waals surface area contributed by atoms with E-state index in [0.29, 0.717) is 19.0 Å². The van der Waals surface area contributed by atoms with E-state index in [4.69, 9.17) is 9.47 Å². The Labute approximate surface area is 84.1 Å². The predicted molar refractivity (Wildman–Crippen MR) is 52.5 cm³/mol. The van der Waals surface area contributed by atoms with E-state index in [2.05, 4.69) is 17.9 Å². The van der Waals surface area contributed by atoms with E-state index in [1.54, 1.807) is 6.92 Å². The third kappa shape index (κ3) is 5.37. The number of hydrogen-bond donors (Lipinski definition) is 0. The summed E-state index contributed by atoms with van der Waals surface area (Å²) in [5, 5.41) is 0. The van der Waals surface area contributed by atoms with E-state index in [0.717, 1.165) is 0 Å². The average molecular weight is 200 g/mol. The molecule has 0 aromatic carbocycles. The lowest BCUT2D eigenvalue weighted by Gasteiger charge is -2.09. The molecule has 0 atom stereocenters. The van der Waals surface area contributed by atoms with Crippen molar-refractivity contribution in [1.29, 1.82) is 0 Å². The molecular formula is C10H16O4. The van der Waals surface area contributed by atoms with E-state index in [1.807, 2.05) is 6.92 Å². The summed E-state index contributed by atoms with van der Waals surface area (Å²) in [6.45, 7) is 11.6. The maximum atomic E-state index is 11.0. The van der Waals surface area contributed by atoms with Crippen LogP contribution in [0, 0.1) is 0 Å². The van der Waals surface area contributed by atoms with Crippen molar-refractivity contribution in [3.05, 3.63) is 24.7 Å². The Morgan fingerprint density at radius 1 is 1.21 bits per heavy atom. The molecule has 0 unspecified atom stereocenters. The summed E-state index contributed by atoms with van der Waals surface area (Å²) < 4.78 is 14.7. The van der Waals surface area contributed by atoms with Gasteiger partial charge in [-0.25, -0.2) is 4.79 Å². The van der Waals surface area contributed by atoms with Crippen molar-refractivity contribution in [2.24, 2.45) is 0 Å². The van der Waals surface area contributed by atoms with E-state index in [-0.39, 0.29) is 12.4 Å². The minimum atomic E-state index is -0.579. The summed E-state index contributed by atoms with van der Waals surface area (Å²) in [6, 6.07) is 0. The molecule has 0 aliphatic carbocycles. The van der Waals surface area contributed by atoms with Crippen LogP contribution in [0.1, 0.15) is 13.8 Å². The van der Waals surface area contributed by atoms with Crippen LogP contribution in [-0.2, 0) is 19.0 Å². The van der Waals surface area contributed by atoms with Crippen LogP contribution in [0.5, 0.6) is 0 Å². The van der Waals surface area contributed by atoms with Gasteiger partial charge in [-0.05, 0) is 20.4 Å². The van der Waals surface area contributed by atoms with Gasteiger partial charge in [-0.15, -0.1) is 0 Å². The molecule has 4 heteroatoms. The number of carbonyl (C=O) groups is 1. The van der Waals surface area contributed by atoms with Crippen molar-refractivity contribution < 1.29 is 19.0 Å². The maximum Gasteiger partial charge on any atom is 0.373 e. The van der Waals surface area contributed by atoms with Gasteiger partial charge in [0.2, 0.25) is 5.76 Å². The molecule has 80 valence electrons. The third-order valence-electron chi connectivity index (χ3n) is 1.24. The lowest BCUT2D eigenvalue weighted by atomic mass is 10.5. The molecule has 0 aliphatic heterocycles. The number of hydrogen-bond acceptors (Lipinski definition) is 4. The molecule has 0 bridgehead atoms. The quantitative estimate of drug-likeness (QED) is 0.356. The van der Waals surface area contributed by atoms with Crippen LogP contribution < -0.4 is 0 Å². The first-order valence-electron chi connectivity index (χ1n) is 4.41. The van der Waals surface area contributed by atoms with Crippen LogP contribution in [0.4, 0.5) is 0 Å². The molecular weight excluding hydrogens is 184 g/mol. The normalized spacial score (nSPS) is 9.29. The molecule has 0 heterocycles. The summed E-state index contributed by atoms with van der Waals surface area (Å²) in [4.78, 5) is 11.0. The van der Waals surface area contributed by atoms with Crippen LogP contribution in [0.25, 0.3) is 0 Å². The SMILES string of the molecule is C=C(COCC)OC(=C)C(=O)OCC. The second-order valence-corrected chi connectivity index (χ2v) is 2.42. The highest BCUT2D eigenvalue weighted by Crippen LogP contribution is 2.04. The molecule has 0 fully saturated rings. The molecule has 14 heavy (non-hydrogen) atoms. The smallest absolute Gasteiger partial charge is 0.373 e. The fourth-order valence-electron chi connectivity index (χ4n) is 0.673. The van der Waals surface area contributed by atoms with Gasteiger partial charge in [-0.3, -0.25) is 0 Å². The zero-order valence-corrected chi connectivity index (χ0v) is 8.67. The first kappa shape index (κ1) is 12.7.